The van der Waals surface area contributed by atoms with Crippen molar-refractivity contribution in [3.05, 3.63) is 17.7 Å². The monoisotopic (exact) mass is 206 g/mol. The third kappa shape index (κ3) is 1.58. The molecular weight excluding hydrogens is 188 g/mol. The summed E-state index contributed by atoms with van der Waals surface area (Å²) in [6, 6.07) is 0.319. The van der Waals surface area contributed by atoms with Crippen LogP contribution < -0.4 is 11.1 Å². The number of aromatic nitrogens is 2. The van der Waals surface area contributed by atoms with Gasteiger partial charge < -0.3 is 15.6 Å². The molecule has 0 radical (unpaired) electrons. The maximum atomic E-state index is 6.01. The molecule has 0 aromatic carbocycles. The Morgan fingerprint density at radius 2 is 2.40 bits per heavy atom. The number of rotatable bonds is 1. The zero-order valence-corrected chi connectivity index (χ0v) is 8.95. The first-order valence-electron chi connectivity index (χ1n) is 5.85. The topological polar surface area (TPSA) is 55.9 Å². The number of nitrogens with zero attached hydrogens (tertiary/aromatic N) is 2. The largest absolute Gasteiger partial charge is 0.330 e. The lowest BCUT2D eigenvalue weighted by atomic mass is 10.0. The van der Waals surface area contributed by atoms with E-state index < -0.39 is 0 Å². The standard InChI is InChI=1S/C11H18N4/c12-9-1-2-10-6-14-11(15(10)7-9)8-3-4-13-5-8/h6,8-9,13H,1-5,7,12H2. The smallest absolute Gasteiger partial charge is 0.113 e. The van der Waals surface area contributed by atoms with Crippen molar-refractivity contribution in [2.24, 2.45) is 5.73 Å². The Morgan fingerprint density at radius 1 is 1.47 bits per heavy atom. The van der Waals surface area contributed by atoms with E-state index >= 15 is 0 Å². The molecule has 1 saturated heterocycles. The van der Waals surface area contributed by atoms with Crippen molar-refractivity contribution in [1.29, 1.82) is 0 Å². The second-order valence-electron chi connectivity index (χ2n) is 4.71. The Balaban J connectivity index is 1.92. The Labute approximate surface area is 89.9 Å². The van der Waals surface area contributed by atoms with Gasteiger partial charge in [0.05, 0.1) is 0 Å². The summed E-state index contributed by atoms with van der Waals surface area (Å²) in [6.07, 6.45) is 5.45. The van der Waals surface area contributed by atoms with Crippen LogP contribution in [0.3, 0.4) is 0 Å². The van der Waals surface area contributed by atoms with Crippen molar-refractivity contribution in [2.45, 2.75) is 37.8 Å². The molecule has 4 heteroatoms. The van der Waals surface area contributed by atoms with Crippen LogP contribution in [0.1, 0.15) is 30.3 Å². The summed E-state index contributed by atoms with van der Waals surface area (Å²) in [4.78, 5) is 4.58. The molecule has 2 atom stereocenters. The minimum Gasteiger partial charge on any atom is -0.330 e. The van der Waals surface area contributed by atoms with Crippen molar-refractivity contribution in [1.82, 2.24) is 14.9 Å². The highest BCUT2D eigenvalue weighted by atomic mass is 15.1. The normalized spacial score (nSPS) is 30.5. The number of hydrogen-bond acceptors (Lipinski definition) is 3. The zero-order chi connectivity index (χ0) is 10.3. The van der Waals surface area contributed by atoms with Crippen molar-refractivity contribution in [3.8, 4) is 0 Å². The van der Waals surface area contributed by atoms with Gasteiger partial charge in [-0.05, 0) is 25.8 Å². The molecule has 4 nitrogen and oxygen atoms in total. The van der Waals surface area contributed by atoms with Gasteiger partial charge in [-0.15, -0.1) is 0 Å². The number of aryl methyl sites for hydroxylation is 1. The lowest BCUT2D eigenvalue weighted by Crippen LogP contribution is -2.33. The van der Waals surface area contributed by atoms with E-state index in [1.54, 1.807) is 0 Å². The highest BCUT2D eigenvalue weighted by Crippen LogP contribution is 2.25. The fourth-order valence-corrected chi connectivity index (χ4v) is 2.70. The van der Waals surface area contributed by atoms with Gasteiger partial charge in [-0.2, -0.15) is 0 Å². The third-order valence-electron chi connectivity index (χ3n) is 3.58. The van der Waals surface area contributed by atoms with E-state index in [0.717, 1.165) is 32.5 Å². The van der Waals surface area contributed by atoms with E-state index in [-0.39, 0.29) is 0 Å². The molecule has 2 unspecified atom stereocenters. The van der Waals surface area contributed by atoms with Gasteiger partial charge in [0.1, 0.15) is 5.82 Å². The van der Waals surface area contributed by atoms with Crippen LogP contribution in [0.5, 0.6) is 0 Å². The van der Waals surface area contributed by atoms with E-state index in [4.69, 9.17) is 5.73 Å². The predicted octanol–water partition coefficient (Wildman–Crippen LogP) is 0.233. The molecule has 3 rings (SSSR count). The van der Waals surface area contributed by atoms with E-state index in [1.165, 1.54) is 17.9 Å². The highest BCUT2D eigenvalue weighted by molar-refractivity contribution is 5.14. The molecular formula is C11H18N4. The van der Waals surface area contributed by atoms with Crippen LogP contribution in [0.4, 0.5) is 0 Å². The number of nitrogens with one attached hydrogen (secondary N) is 1. The van der Waals surface area contributed by atoms with Crippen molar-refractivity contribution in [3.63, 3.8) is 0 Å². The minimum atomic E-state index is 0.319. The van der Waals surface area contributed by atoms with Gasteiger partial charge in [0.15, 0.2) is 0 Å². The maximum Gasteiger partial charge on any atom is 0.113 e. The molecule has 0 saturated carbocycles. The first kappa shape index (κ1) is 9.36. The summed E-state index contributed by atoms with van der Waals surface area (Å²) in [6.45, 7) is 3.16. The van der Waals surface area contributed by atoms with Crippen LogP contribution >= 0.6 is 0 Å². The molecule has 2 aliphatic heterocycles. The van der Waals surface area contributed by atoms with Crippen LogP contribution in [-0.2, 0) is 13.0 Å². The maximum absolute atomic E-state index is 6.01. The quantitative estimate of drug-likeness (QED) is 0.692. The van der Waals surface area contributed by atoms with Gasteiger partial charge in [-0.3, -0.25) is 0 Å². The van der Waals surface area contributed by atoms with E-state index in [9.17, 15) is 0 Å². The zero-order valence-electron chi connectivity index (χ0n) is 8.95. The molecule has 0 amide bonds. The molecule has 1 aromatic heterocycles. The molecule has 0 spiro atoms. The number of hydrogen-bond donors (Lipinski definition) is 2. The fraction of sp³-hybridized carbons (Fsp3) is 0.727. The minimum absolute atomic E-state index is 0.319. The summed E-state index contributed by atoms with van der Waals surface area (Å²) in [5.41, 5.74) is 7.39. The average molecular weight is 206 g/mol. The van der Waals surface area contributed by atoms with Crippen molar-refractivity contribution >= 4 is 0 Å². The molecule has 0 aliphatic carbocycles. The van der Waals surface area contributed by atoms with Crippen LogP contribution in [0, 0.1) is 0 Å². The van der Waals surface area contributed by atoms with E-state index in [1.807, 2.05) is 6.20 Å². The summed E-state index contributed by atoms with van der Waals surface area (Å²) in [5.74, 6) is 1.86. The SMILES string of the molecule is NC1CCc2cnc(C3CCNC3)n2C1. The first-order chi connectivity index (χ1) is 7.34. The molecule has 15 heavy (non-hydrogen) atoms. The molecule has 3 N–H and O–H groups in total. The summed E-state index contributed by atoms with van der Waals surface area (Å²) in [5, 5.41) is 3.39. The average Bonchev–Trinajstić information content (AvgIpc) is 2.83. The Kier molecular flexibility index (Phi) is 2.25. The van der Waals surface area contributed by atoms with Gasteiger partial charge >= 0.3 is 0 Å². The molecule has 3 heterocycles. The Morgan fingerprint density at radius 3 is 3.20 bits per heavy atom. The molecule has 1 fully saturated rings. The number of fused-ring (bicyclic) bond motifs is 1. The molecule has 82 valence electrons. The van der Waals surface area contributed by atoms with Gasteiger partial charge in [-0.1, -0.05) is 0 Å². The van der Waals surface area contributed by atoms with Gasteiger partial charge in [0.2, 0.25) is 0 Å². The van der Waals surface area contributed by atoms with Crippen molar-refractivity contribution < 1.29 is 0 Å². The van der Waals surface area contributed by atoms with Gasteiger partial charge in [-0.25, -0.2) is 4.98 Å². The third-order valence-corrected chi connectivity index (χ3v) is 3.58. The highest BCUT2D eigenvalue weighted by Gasteiger charge is 2.25. The van der Waals surface area contributed by atoms with Gasteiger partial charge in [0, 0.05) is 36.9 Å². The van der Waals surface area contributed by atoms with Crippen LogP contribution in [0.2, 0.25) is 0 Å². The molecule has 1 aromatic rings. The van der Waals surface area contributed by atoms with Crippen LogP contribution in [0.15, 0.2) is 6.20 Å². The van der Waals surface area contributed by atoms with Crippen LogP contribution in [0.25, 0.3) is 0 Å². The summed E-state index contributed by atoms with van der Waals surface area (Å²) >= 11 is 0. The molecule has 0 bridgehead atoms. The lowest BCUT2D eigenvalue weighted by Gasteiger charge is -2.23. The first-order valence-corrected chi connectivity index (χ1v) is 5.85. The van der Waals surface area contributed by atoms with E-state index in [2.05, 4.69) is 14.9 Å². The fourth-order valence-electron chi connectivity index (χ4n) is 2.70. The number of imidazole rings is 1. The Bertz CT molecular complexity index is 351. The van der Waals surface area contributed by atoms with Crippen molar-refractivity contribution in [2.75, 3.05) is 13.1 Å². The summed E-state index contributed by atoms with van der Waals surface area (Å²) < 4.78 is 2.35. The van der Waals surface area contributed by atoms with Crippen LogP contribution in [-0.4, -0.2) is 28.7 Å². The molecule has 2 aliphatic rings. The predicted molar refractivity (Wildman–Crippen MR) is 58.8 cm³/mol. The van der Waals surface area contributed by atoms with Gasteiger partial charge in [0.25, 0.3) is 0 Å². The second-order valence-corrected chi connectivity index (χ2v) is 4.71. The number of nitrogens with two attached hydrogens (primary N) is 1. The summed E-state index contributed by atoms with van der Waals surface area (Å²) in [7, 11) is 0. The van der Waals surface area contributed by atoms with E-state index in [0.29, 0.717) is 12.0 Å². The lowest BCUT2D eigenvalue weighted by molar-refractivity contribution is 0.440. The Hall–Kier alpha value is -0.870. The second kappa shape index (κ2) is 3.61.